The van der Waals surface area contributed by atoms with Gasteiger partial charge in [-0.05, 0) is 24.3 Å². The van der Waals surface area contributed by atoms with Crippen LogP contribution in [0.25, 0.3) is 0 Å². The zero-order valence-corrected chi connectivity index (χ0v) is 15.5. The molecule has 0 spiro atoms. The Morgan fingerprint density at radius 2 is 1.74 bits per heavy atom. The summed E-state index contributed by atoms with van der Waals surface area (Å²) in [6.07, 6.45) is 0. The molecule has 0 aromatic heterocycles. The summed E-state index contributed by atoms with van der Waals surface area (Å²) >= 11 is 3.31. The summed E-state index contributed by atoms with van der Waals surface area (Å²) in [4.78, 5) is 38.9. The molecule has 0 radical (unpaired) electrons. The van der Waals surface area contributed by atoms with Crippen LogP contribution in [-0.4, -0.2) is 34.0 Å². The topological polar surface area (TPSA) is 107 Å². The minimum atomic E-state index is -1.21. The lowest BCUT2D eigenvalue weighted by molar-refractivity contribution is -0.142. The Balaban J connectivity index is 1.80. The summed E-state index contributed by atoms with van der Waals surface area (Å²) in [5, 5.41) is 22.6. The average Bonchev–Trinajstić information content (AvgIpc) is 3.13. The van der Waals surface area contributed by atoms with E-state index in [0.29, 0.717) is 15.7 Å². The number of anilines is 1. The molecule has 3 N–H and O–H groups in total. The number of amides is 2. The number of nitrogens with one attached hydrogen (secondary N) is 1. The molecular formula is C19H15BrN2O5. The second kappa shape index (κ2) is 6.47. The summed E-state index contributed by atoms with van der Waals surface area (Å²) < 4.78 is 0.697. The summed E-state index contributed by atoms with van der Waals surface area (Å²) in [6.45, 7) is 0. The van der Waals surface area contributed by atoms with E-state index in [1.54, 1.807) is 42.5 Å². The Labute approximate surface area is 162 Å². The second-order valence-corrected chi connectivity index (χ2v) is 7.48. The molecule has 2 amide bonds. The molecule has 4 atom stereocenters. The molecule has 138 valence electrons. The first-order chi connectivity index (χ1) is 12.9. The van der Waals surface area contributed by atoms with Crippen molar-refractivity contribution in [3.63, 3.8) is 0 Å². The molecule has 7 nitrogen and oxygen atoms in total. The number of aliphatic carboxylic acids is 1. The van der Waals surface area contributed by atoms with Crippen molar-refractivity contribution in [2.24, 2.45) is 11.8 Å². The van der Waals surface area contributed by atoms with Gasteiger partial charge in [-0.2, -0.15) is 0 Å². The summed E-state index contributed by atoms with van der Waals surface area (Å²) in [6, 6.07) is 11.1. The van der Waals surface area contributed by atoms with Gasteiger partial charge in [-0.1, -0.05) is 40.2 Å². The summed E-state index contributed by atoms with van der Waals surface area (Å²) in [5.41, 5.74) is 0.780. The van der Waals surface area contributed by atoms with Gasteiger partial charge in [0.1, 0.15) is 11.8 Å². The number of carboxylic acid groups (broad SMARTS) is 1. The first-order valence-corrected chi connectivity index (χ1v) is 9.09. The number of para-hydroxylation sites is 1. The van der Waals surface area contributed by atoms with Crippen LogP contribution in [-0.2, 0) is 14.4 Å². The lowest BCUT2D eigenvalue weighted by atomic mass is 9.86. The van der Waals surface area contributed by atoms with Crippen molar-refractivity contribution in [2.45, 2.75) is 12.1 Å². The van der Waals surface area contributed by atoms with Gasteiger partial charge in [0.05, 0.1) is 17.5 Å². The fourth-order valence-electron chi connectivity index (χ4n) is 3.94. The Hall–Kier alpha value is -2.71. The number of halogens is 1. The maximum Gasteiger partial charge on any atom is 0.321 e. The van der Waals surface area contributed by atoms with E-state index >= 15 is 0 Å². The third-order valence-corrected chi connectivity index (χ3v) is 5.57. The predicted molar refractivity (Wildman–Crippen MR) is 99.0 cm³/mol. The molecule has 2 heterocycles. The molecule has 2 aromatic rings. The van der Waals surface area contributed by atoms with E-state index < -0.39 is 41.7 Å². The van der Waals surface area contributed by atoms with Crippen molar-refractivity contribution < 1.29 is 24.6 Å². The highest BCUT2D eigenvalue weighted by atomic mass is 79.9. The van der Waals surface area contributed by atoms with Crippen LogP contribution >= 0.6 is 15.9 Å². The zero-order chi connectivity index (χ0) is 19.3. The molecule has 0 saturated carbocycles. The number of aromatic hydroxyl groups is 1. The third-order valence-electron chi connectivity index (χ3n) is 5.08. The Morgan fingerprint density at radius 3 is 2.41 bits per heavy atom. The highest BCUT2D eigenvalue weighted by Crippen LogP contribution is 2.47. The maximum atomic E-state index is 13.1. The van der Waals surface area contributed by atoms with Crippen LogP contribution in [0.2, 0.25) is 0 Å². The molecule has 2 saturated heterocycles. The minimum Gasteiger partial charge on any atom is -0.508 e. The van der Waals surface area contributed by atoms with E-state index in [2.05, 4.69) is 21.2 Å². The number of hydrogen-bond acceptors (Lipinski definition) is 5. The van der Waals surface area contributed by atoms with Crippen LogP contribution in [0.5, 0.6) is 5.75 Å². The third kappa shape index (κ3) is 2.72. The van der Waals surface area contributed by atoms with Crippen molar-refractivity contribution in [3.05, 3.63) is 58.6 Å². The standard InChI is InChI=1S/C19H15BrN2O5/c20-9-4-3-5-10(8-9)22-17(24)13-14(18(22)25)16(19(26)27)21-15(13)11-6-1-2-7-12(11)23/h1-8,13-16,21,23H,(H,26,27)/t13-,14+,15-,16-/m0/s1. The predicted octanol–water partition coefficient (Wildman–Crippen LogP) is 2.06. The maximum absolute atomic E-state index is 13.1. The normalized spacial score (nSPS) is 27.1. The monoisotopic (exact) mass is 430 g/mol. The van der Waals surface area contributed by atoms with Crippen molar-refractivity contribution >= 4 is 39.4 Å². The van der Waals surface area contributed by atoms with E-state index in [0.717, 1.165) is 4.90 Å². The Kier molecular flexibility index (Phi) is 4.24. The van der Waals surface area contributed by atoms with Gasteiger partial charge in [-0.3, -0.25) is 19.7 Å². The number of carboxylic acids is 1. The van der Waals surface area contributed by atoms with E-state index in [1.165, 1.54) is 6.07 Å². The van der Waals surface area contributed by atoms with Crippen molar-refractivity contribution in [3.8, 4) is 5.75 Å². The summed E-state index contributed by atoms with van der Waals surface area (Å²) in [5.74, 6) is -4.25. The number of fused-ring (bicyclic) bond motifs is 1. The molecule has 0 bridgehead atoms. The lowest BCUT2D eigenvalue weighted by Gasteiger charge is -2.22. The number of phenols is 1. The molecule has 0 unspecified atom stereocenters. The summed E-state index contributed by atoms with van der Waals surface area (Å²) in [7, 11) is 0. The van der Waals surface area contributed by atoms with Crippen LogP contribution in [0.4, 0.5) is 5.69 Å². The smallest absolute Gasteiger partial charge is 0.321 e. The van der Waals surface area contributed by atoms with Crippen molar-refractivity contribution in [2.75, 3.05) is 4.90 Å². The van der Waals surface area contributed by atoms with Gasteiger partial charge >= 0.3 is 5.97 Å². The Morgan fingerprint density at radius 1 is 1.04 bits per heavy atom. The van der Waals surface area contributed by atoms with Crippen molar-refractivity contribution in [1.82, 2.24) is 5.32 Å². The number of phenolic OH excluding ortho intramolecular Hbond substituents is 1. The average molecular weight is 431 g/mol. The van der Waals surface area contributed by atoms with Crippen LogP contribution < -0.4 is 10.2 Å². The molecule has 0 aliphatic carbocycles. The fourth-order valence-corrected chi connectivity index (χ4v) is 4.33. The highest BCUT2D eigenvalue weighted by Gasteiger charge is 2.61. The van der Waals surface area contributed by atoms with E-state index in [9.17, 15) is 24.6 Å². The van der Waals surface area contributed by atoms with E-state index in [1.807, 2.05) is 0 Å². The number of benzene rings is 2. The lowest BCUT2D eigenvalue weighted by Crippen LogP contribution is -2.43. The molecule has 2 aliphatic rings. The number of nitrogens with zero attached hydrogens (tertiary/aromatic N) is 1. The first-order valence-electron chi connectivity index (χ1n) is 8.30. The molecule has 2 aliphatic heterocycles. The van der Waals surface area contributed by atoms with Gasteiger partial charge < -0.3 is 10.2 Å². The zero-order valence-electron chi connectivity index (χ0n) is 13.9. The molecule has 8 heteroatoms. The van der Waals surface area contributed by atoms with Crippen LogP contribution in [0.1, 0.15) is 11.6 Å². The number of carbonyl (C=O) groups is 3. The van der Waals surface area contributed by atoms with Gasteiger partial charge in [0, 0.05) is 16.1 Å². The van der Waals surface area contributed by atoms with Gasteiger partial charge in [0.2, 0.25) is 11.8 Å². The van der Waals surface area contributed by atoms with Gasteiger partial charge in [-0.25, -0.2) is 4.90 Å². The number of rotatable bonds is 3. The quantitative estimate of drug-likeness (QED) is 0.643. The molecule has 2 fully saturated rings. The minimum absolute atomic E-state index is 0.0547. The first kappa shape index (κ1) is 17.7. The van der Waals surface area contributed by atoms with Crippen molar-refractivity contribution in [1.29, 1.82) is 0 Å². The number of hydrogen-bond donors (Lipinski definition) is 3. The molecule has 4 rings (SSSR count). The van der Waals surface area contributed by atoms with Gasteiger partial charge in [0.15, 0.2) is 0 Å². The fraction of sp³-hybridized carbons (Fsp3) is 0.211. The number of imide groups is 1. The molecule has 2 aromatic carbocycles. The van der Waals surface area contributed by atoms with Crippen LogP contribution in [0, 0.1) is 11.8 Å². The Bertz CT molecular complexity index is 963. The second-order valence-electron chi connectivity index (χ2n) is 6.56. The van der Waals surface area contributed by atoms with E-state index in [-0.39, 0.29) is 5.75 Å². The number of carbonyl (C=O) groups excluding carboxylic acids is 2. The SMILES string of the molecule is O=C(O)[C@H]1N[C@@H](c2ccccc2O)[C@H]2C(=O)N(c3cccc(Br)c3)C(=O)[C@H]21. The van der Waals surface area contributed by atoms with Crippen LogP contribution in [0.3, 0.4) is 0 Å². The van der Waals surface area contributed by atoms with Gasteiger partial charge in [0.25, 0.3) is 0 Å². The molecular weight excluding hydrogens is 416 g/mol. The highest BCUT2D eigenvalue weighted by molar-refractivity contribution is 9.10. The van der Waals surface area contributed by atoms with Gasteiger partial charge in [-0.15, -0.1) is 0 Å². The van der Waals surface area contributed by atoms with E-state index in [4.69, 9.17) is 0 Å². The largest absolute Gasteiger partial charge is 0.508 e. The molecule has 27 heavy (non-hydrogen) atoms. The van der Waals surface area contributed by atoms with Crippen LogP contribution in [0.15, 0.2) is 53.0 Å².